The highest BCUT2D eigenvalue weighted by Crippen LogP contribution is 2.34. The number of ether oxygens (including phenoxy) is 2. The highest BCUT2D eigenvalue weighted by atomic mass is 79.9. The fraction of sp³-hybridized carbons (Fsp3) is 0.118. The molecule has 3 aromatic rings. The van der Waals surface area contributed by atoms with E-state index in [9.17, 15) is 9.59 Å². The number of rotatable bonds is 3. The van der Waals surface area contributed by atoms with Crippen LogP contribution in [0.5, 0.6) is 11.5 Å². The number of carbonyl (C=O) groups is 1. The van der Waals surface area contributed by atoms with Crippen LogP contribution in [0.1, 0.15) is 0 Å². The summed E-state index contributed by atoms with van der Waals surface area (Å²) in [5, 5.41) is 3.16. The molecule has 0 aliphatic carbocycles. The summed E-state index contributed by atoms with van der Waals surface area (Å²) in [5.41, 5.74) is 0.815. The van der Waals surface area contributed by atoms with Gasteiger partial charge in [-0.2, -0.15) is 0 Å². The Bertz CT molecular complexity index is 1100. The predicted molar refractivity (Wildman–Crippen MR) is 103 cm³/mol. The minimum atomic E-state index is -0.346. The number of hydrogen-bond acceptors (Lipinski definition) is 5. The second kappa shape index (κ2) is 6.73. The van der Waals surface area contributed by atoms with E-state index in [2.05, 4.69) is 42.2 Å². The molecule has 1 aromatic heterocycles. The molecule has 0 radical (unpaired) electrons. The Labute approximate surface area is 164 Å². The maximum absolute atomic E-state index is 12.6. The van der Waals surface area contributed by atoms with Crippen LogP contribution in [0, 0.1) is 0 Å². The fourth-order valence-electron chi connectivity index (χ4n) is 2.64. The highest BCUT2D eigenvalue weighted by Gasteiger charge is 2.15. The first-order valence-corrected chi connectivity index (χ1v) is 9.13. The predicted octanol–water partition coefficient (Wildman–Crippen LogP) is 3.29. The van der Waals surface area contributed by atoms with Crippen molar-refractivity contribution in [2.45, 2.75) is 6.54 Å². The molecule has 0 unspecified atom stereocenters. The van der Waals surface area contributed by atoms with E-state index in [1.807, 2.05) is 6.07 Å². The van der Waals surface area contributed by atoms with Gasteiger partial charge in [0, 0.05) is 20.7 Å². The van der Waals surface area contributed by atoms with E-state index >= 15 is 0 Å². The lowest BCUT2D eigenvalue weighted by atomic mass is 10.2. The fourth-order valence-corrected chi connectivity index (χ4v) is 3.96. The Kier molecular flexibility index (Phi) is 4.41. The van der Waals surface area contributed by atoms with E-state index in [0.29, 0.717) is 32.6 Å². The number of benzene rings is 2. The van der Waals surface area contributed by atoms with Gasteiger partial charge in [-0.05, 0) is 40.2 Å². The summed E-state index contributed by atoms with van der Waals surface area (Å²) in [4.78, 5) is 29.2. The van der Waals surface area contributed by atoms with Gasteiger partial charge in [0.05, 0.1) is 17.2 Å². The number of halogens is 2. The third kappa shape index (κ3) is 3.19. The van der Waals surface area contributed by atoms with Crippen LogP contribution in [0.4, 0.5) is 5.69 Å². The number of amides is 1. The third-order valence-electron chi connectivity index (χ3n) is 3.82. The molecule has 4 rings (SSSR count). The molecule has 0 fully saturated rings. The van der Waals surface area contributed by atoms with Crippen LogP contribution in [0.25, 0.3) is 10.9 Å². The van der Waals surface area contributed by atoms with Crippen molar-refractivity contribution >= 4 is 54.4 Å². The quantitative estimate of drug-likeness (QED) is 0.622. The lowest BCUT2D eigenvalue weighted by Crippen LogP contribution is -2.28. The van der Waals surface area contributed by atoms with Gasteiger partial charge in [-0.15, -0.1) is 0 Å². The summed E-state index contributed by atoms with van der Waals surface area (Å²) in [6.45, 7) is 0.0103. The first kappa shape index (κ1) is 17.0. The van der Waals surface area contributed by atoms with E-state index in [1.165, 1.54) is 10.9 Å². The third-order valence-corrected chi connectivity index (χ3v) is 4.88. The molecule has 1 amide bonds. The van der Waals surface area contributed by atoms with E-state index in [4.69, 9.17) is 9.47 Å². The van der Waals surface area contributed by atoms with Gasteiger partial charge in [-0.3, -0.25) is 14.2 Å². The molecule has 26 heavy (non-hydrogen) atoms. The van der Waals surface area contributed by atoms with Crippen molar-refractivity contribution in [1.29, 1.82) is 0 Å². The van der Waals surface area contributed by atoms with Gasteiger partial charge >= 0.3 is 0 Å². The molecule has 1 N–H and O–H groups in total. The first-order chi connectivity index (χ1) is 12.5. The largest absolute Gasteiger partial charge is 0.454 e. The number of anilines is 1. The Morgan fingerprint density at radius 3 is 2.85 bits per heavy atom. The summed E-state index contributed by atoms with van der Waals surface area (Å²) in [6.07, 6.45) is 1.36. The second-order valence-electron chi connectivity index (χ2n) is 5.58. The Morgan fingerprint density at radius 1 is 1.19 bits per heavy atom. The van der Waals surface area contributed by atoms with Crippen LogP contribution in [0.15, 0.2) is 50.4 Å². The topological polar surface area (TPSA) is 82.5 Å². The van der Waals surface area contributed by atoms with E-state index in [1.54, 1.807) is 24.3 Å². The van der Waals surface area contributed by atoms with E-state index < -0.39 is 0 Å². The maximum Gasteiger partial charge on any atom is 0.261 e. The smallest absolute Gasteiger partial charge is 0.261 e. The van der Waals surface area contributed by atoms with E-state index in [0.717, 1.165) is 4.47 Å². The molecule has 0 saturated carbocycles. The van der Waals surface area contributed by atoms with Crippen molar-refractivity contribution < 1.29 is 14.3 Å². The van der Waals surface area contributed by atoms with Crippen molar-refractivity contribution in [3.63, 3.8) is 0 Å². The van der Waals surface area contributed by atoms with Gasteiger partial charge in [-0.1, -0.05) is 15.9 Å². The molecular weight excluding hydrogens is 470 g/mol. The van der Waals surface area contributed by atoms with Gasteiger partial charge in [0.15, 0.2) is 11.5 Å². The van der Waals surface area contributed by atoms with E-state index in [-0.39, 0.29) is 24.8 Å². The molecule has 132 valence electrons. The molecule has 0 bridgehead atoms. The zero-order valence-electron chi connectivity index (χ0n) is 13.2. The van der Waals surface area contributed by atoms with Crippen LogP contribution in [0.3, 0.4) is 0 Å². The van der Waals surface area contributed by atoms with Gasteiger partial charge in [-0.25, -0.2) is 4.98 Å². The van der Waals surface area contributed by atoms with Crippen LogP contribution < -0.4 is 20.3 Å². The molecule has 2 aromatic carbocycles. The lowest BCUT2D eigenvalue weighted by Gasteiger charge is -2.09. The highest BCUT2D eigenvalue weighted by molar-refractivity contribution is 9.11. The molecule has 0 saturated heterocycles. The van der Waals surface area contributed by atoms with Gasteiger partial charge in [0.2, 0.25) is 12.7 Å². The van der Waals surface area contributed by atoms with Crippen LogP contribution in [0.2, 0.25) is 0 Å². The van der Waals surface area contributed by atoms with Crippen molar-refractivity contribution in [2.24, 2.45) is 0 Å². The molecular formula is C17H11Br2N3O4. The zero-order chi connectivity index (χ0) is 18.3. The van der Waals surface area contributed by atoms with Crippen molar-refractivity contribution in [3.05, 3.63) is 56.0 Å². The minimum absolute atomic E-state index is 0.152. The Hall–Kier alpha value is -2.39. The number of hydrogen-bond donors (Lipinski definition) is 1. The van der Waals surface area contributed by atoms with Gasteiger partial charge in [0.25, 0.3) is 5.56 Å². The summed E-state index contributed by atoms with van der Waals surface area (Å²) in [5.74, 6) is 0.859. The number of nitrogens with zero attached hydrogens (tertiary/aromatic N) is 2. The minimum Gasteiger partial charge on any atom is -0.454 e. The zero-order valence-corrected chi connectivity index (χ0v) is 16.3. The van der Waals surface area contributed by atoms with Gasteiger partial charge < -0.3 is 14.8 Å². The van der Waals surface area contributed by atoms with Gasteiger partial charge in [0.1, 0.15) is 6.54 Å². The van der Waals surface area contributed by atoms with Crippen LogP contribution in [-0.2, 0) is 11.3 Å². The average Bonchev–Trinajstić information content (AvgIpc) is 3.05. The van der Waals surface area contributed by atoms with Crippen molar-refractivity contribution in [1.82, 2.24) is 9.55 Å². The van der Waals surface area contributed by atoms with Crippen LogP contribution >= 0.6 is 31.9 Å². The summed E-state index contributed by atoms with van der Waals surface area (Å²) >= 11 is 6.74. The Balaban J connectivity index is 1.58. The number of carbonyl (C=O) groups excluding carboxylic acids is 1. The maximum atomic E-state index is 12.6. The number of fused-ring (bicyclic) bond motifs is 2. The normalized spacial score (nSPS) is 12.4. The number of aromatic nitrogens is 2. The SMILES string of the molecule is O=C(Cn1cnc2c(Br)cc(Br)cc2c1=O)Nc1ccc2c(c1)OCO2. The average molecular weight is 481 g/mol. The molecule has 9 heteroatoms. The van der Waals surface area contributed by atoms with Crippen molar-refractivity contribution in [2.75, 3.05) is 12.1 Å². The monoisotopic (exact) mass is 479 g/mol. The summed E-state index contributed by atoms with van der Waals surface area (Å²) in [7, 11) is 0. The summed E-state index contributed by atoms with van der Waals surface area (Å²) in [6, 6.07) is 8.60. The molecule has 0 atom stereocenters. The van der Waals surface area contributed by atoms with Crippen LogP contribution in [-0.4, -0.2) is 22.3 Å². The molecule has 2 heterocycles. The molecule has 1 aliphatic rings. The Morgan fingerprint density at radius 2 is 2.00 bits per heavy atom. The molecule has 1 aliphatic heterocycles. The summed E-state index contributed by atoms with van der Waals surface area (Å²) < 4.78 is 13.2. The standard InChI is InChI=1S/C17H11Br2N3O4/c18-9-3-11-16(12(19)4-9)20-7-22(17(11)24)6-15(23)21-10-1-2-13-14(5-10)26-8-25-13/h1-5,7H,6,8H2,(H,21,23). The molecule has 0 spiro atoms. The second-order valence-corrected chi connectivity index (χ2v) is 7.35. The number of nitrogens with one attached hydrogen (secondary N) is 1. The first-order valence-electron chi connectivity index (χ1n) is 7.55. The lowest BCUT2D eigenvalue weighted by molar-refractivity contribution is -0.116. The molecule has 7 nitrogen and oxygen atoms in total. The van der Waals surface area contributed by atoms with Crippen molar-refractivity contribution in [3.8, 4) is 11.5 Å².